The van der Waals surface area contributed by atoms with Gasteiger partial charge in [-0.1, -0.05) is 39.0 Å². The fourth-order valence-electron chi connectivity index (χ4n) is 4.29. The highest BCUT2D eigenvalue weighted by Crippen LogP contribution is 2.37. The van der Waals surface area contributed by atoms with Crippen molar-refractivity contribution in [2.75, 3.05) is 0 Å². The molecule has 0 saturated heterocycles. The van der Waals surface area contributed by atoms with Crippen molar-refractivity contribution in [3.8, 4) is 5.69 Å². The first-order chi connectivity index (χ1) is 13.3. The summed E-state index contributed by atoms with van der Waals surface area (Å²) >= 11 is 1.45. The molecule has 146 valence electrons. The molecule has 1 aliphatic carbocycles. The van der Waals surface area contributed by atoms with E-state index in [4.69, 9.17) is 0 Å². The Kier molecular flexibility index (Phi) is 4.83. The van der Waals surface area contributed by atoms with Crippen LogP contribution >= 0.6 is 11.3 Å². The number of aromatic nitrogens is 2. The predicted molar refractivity (Wildman–Crippen MR) is 115 cm³/mol. The summed E-state index contributed by atoms with van der Waals surface area (Å²) in [6, 6.07) is 11.9. The molecule has 0 aliphatic heterocycles. The van der Waals surface area contributed by atoms with Crippen LogP contribution in [-0.4, -0.2) is 21.4 Å². The third kappa shape index (κ3) is 3.74. The lowest BCUT2D eigenvalue weighted by Gasteiger charge is -2.34. The summed E-state index contributed by atoms with van der Waals surface area (Å²) in [5.74, 6) is 0.451. The Hall–Kier alpha value is -2.47. The number of benzene rings is 1. The molecular formula is C22H26N4OS. The van der Waals surface area contributed by atoms with Crippen LogP contribution in [0, 0.1) is 18.3 Å². The molecule has 1 unspecified atom stereocenters. The van der Waals surface area contributed by atoms with E-state index in [-0.39, 0.29) is 11.3 Å². The van der Waals surface area contributed by atoms with E-state index in [0.29, 0.717) is 10.8 Å². The van der Waals surface area contributed by atoms with Gasteiger partial charge >= 0.3 is 0 Å². The topological polar surface area (TPSA) is 59.3 Å². The molecular weight excluding hydrogens is 368 g/mol. The van der Waals surface area contributed by atoms with Crippen molar-refractivity contribution in [1.29, 1.82) is 0 Å². The van der Waals surface area contributed by atoms with Gasteiger partial charge in [-0.25, -0.2) is 10.1 Å². The first kappa shape index (κ1) is 18.9. The number of carbonyl (C=O) groups excluding carboxylic acids is 1. The van der Waals surface area contributed by atoms with Gasteiger partial charge in [-0.15, -0.1) is 11.3 Å². The van der Waals surface area contributed by atoms with Gasteiger partial charge in [-0.3, -0.25) is 4.79 Å². The second-order valence-electron chi connectivity index (χ2n) is 8.64. The van der Waals surface area contributed by atoms with Gasteiger partial charge in [0.15, 0.2) is 0 Å². The molecule has 28 heavy (non-hydrogen) atoms. The maximum Gasteiger partial charge on any atom is 0.281 e. The normalized spacial score (nSPS) is 20.6. The van der Waals surface area contributed by atoms with Gasteiger partial charge < -0.3 is 0 Å². The van der Waals surface area contributed by atoms with Crippen molar-refractivity contribution in [3.63, 3.8) is 0 Å². The summed E-state index contributed by atoms with van der Waals surface area (Å²) < 4.78 is 1.91. The molecule has 0 radical (unpaired) electrons. The van der Waals surface area contributed by atoms with Crippen LogP contribution < -0.4 is 5.43 Å². The summed E-state index contributed by atoms with van der Waals surface area (Å²) in [4.78, 5) is 14.4. The van der Waals surface area contributed by atoms with E-state index >= 15 is 0 Å². The fourth-order valence-corrected chi connectivity index (χ4v) is 5.36. The summed E-state index contributed by atoms with van der Waals surface area (Å²) in [6.07, 6.45) is 3.09. The molecule has 3 aromatic rings. The van der Waals surface area contributed by atoms with E-state index in [1.807, 2.05) is 48.0 Å². The Morgan fingerprint density at radius 3 is 2.79 bits per heavy atom. The van der Waals surface area contributed by atoms with E-state index in [1.165, 1.54) is 17.8 Å². The predicted octanol–water partition coefficient (Wildman–Crippen LogP) is 5.33. The van der Waals surface area contributed by atoms with E-state index in [2.05, 4.69) is 36.4 Å². The molecule has 0 spiro atoms. The molecule has 2 aromatic heterocycles. The Balaban J connectivity index is 1.58. The van der Waals surface area contributed by atoms with Crippen molar-refractivity contribution in [2.45, 2.75) is 47.0 Å². The second-order valence-corrected chi connectivity index (χ2v) is 9.67. The van der Waals surface area contributed by atoms with E-state index in [1.54, 1.807) is 0 Å². The third-order valence-corrected chi connectivity index (χ3v) is 6.36. The smallest absolute Gasteiger partial charge is 0.266 e. The van der Waals surface area contributed by atoms with Crippen LogP contribution in [0.25, 0.3) is 15.9 Å². The molecule has 1 aliphatic rings. The number of hydrogen-bond acceptors (Lipinski definition) is 4. The number of hydrazone groups is 1. The van der Waals surface area contributed by atoms with E-state index < -0.39 is 0 Å². The SMILES string of the molecule is Cc1nn(-c2ccccc2)c2sc(C(=O)N/N=C3\CC(C)CC(C)(C)C3)cc12. The molecule has 1 aromatic carbocycles. The zero-order valence-corrected chi connectivity index (χ0v) is 17.6. The molecule has 0 bridgehead atoms. The number of aryl methyl sites for hydroxylation is 1. The minimum absolute atomic E-state index is 0.149. The van der Waals surface area contributed by atoms with Crippen LogP contribution in [0.15, 0.2) is 41.5 Å². The van der Waals surface area contributed by atoms with Gasteiger partial charge in [-0.2, -0.15) is 10.2 Å². The van der Waals surface area contributed by atoms with Crippen LogP contribution in [0.1, 0.15) is 55.4 Å². The average Bonchev–Trinajstić information content (AvgIpc) is 3.20. The largest absolute Gasteiger partial charge is 0.281 e. The maximum atomic E-state index is 12.7. The van der Waals surface area contributed by atoms with Gasteiger partial charge in [0.25, 0.3) is 5.91 Å². The van der Waals surface area contributed by atoms with Crippen LogP contribution in [0.2, 0.25) is 0 Å². The summed E-state index contributed by atoms with van der Waals surface area (Å²) in [7, 11) is 0. The zero-order valence-electron chi connectivity index (χ0n) is 16.8. The molecule has 4 rings (SSSR count). The van der Waals surface area contributed by atoms with E-state index in [0.717, 1.165) is 40.2 Å². The second kappa shape index (κ2) is 7.17. The Bertz CT molecular complexity index is 1050. The van der Waals surface area contributed by atoms with Crippen LogP contribution in [0.5, 0.6) is 0 Å². The number of hydrogen-bond donors (Lipinski definition) is 1. The average molecular weight is 395 g/mol. The maximum absolute atomic E-state index is 12.7. The number of thiophene rings is 1. The first-order valence-corrected chi connectivity index (χ1v) is 10.5. The van der Waals surface area contributed by atoms with Crippen molar-refractivity contribution in [1.82, 2.24) is 15.2 Å². The molecule has 1 N–H and O–H groups in total. The van der Waals surface area contributed by atoms with Gasteiger partial charge in [0.1, 0.15) is 4.83 Å². The Morgan fingerprint density at radius 1 is 1.32 bits per heavy atom. The lowest BCUT2D eigenvalue weighted by Crippen LogP contribution is -2.30. The molecule has 5 nitrogen and oxygen atoms in total. The van der Waals surface area contributed by atoms with Crippen LogP contribution in [-0.2, 0) is 0 Å². The van der Waals surface area contributed by atoms with Crippen molar-refractivity contribution >= 4 is 33.2 Å². The number of carbonyl (C=O) groups is 1. The monoisotopic (exact) mass is 394 g/mol. The van der Waals surface area contributed by atoms with Crippen LogP contribution in [0.4, 0.5) is 0 Å². The molecule has 1 fully saturated rings. The number of nitrogens with zero attached hydrogens (tertiary/aromatic N) is 3. The Morgan fingerprint density at radius 2 is 2.07 bits per heavy atom. The zero-order chi connectivity index (χ0) is 19.9. The number of fused-ring (bicyclic) bond motifs is 1. The lowest BCUT2D eigenvalue weighted by molar-refractivity contribution is 0.0958. The Labute approximate surface area is 169 Å². The summed E-state index contributed by atoms with van der Waals surface area (Å²) in [5.41, 5.74) is 6.03. The minimum Gasteiger partial charge on any atom is -0.266 e. The highest BCUT2D eigenvalue weighted by Gasteiger charge is 2.29. The fraction of sp³-hybridized carbons (Fsp3) is 0.409. The molecule has 6 heteroatoms. The third-order valence-electron chi connectivity index (χ3n) is 5.25. The van der Waals surface area contributed by atoms with Crippen LogP contribution in [0.3, 0.4) is 0 Å². The van der Waals surface area contributed by atoms with E-state index in [9.17, 15) is 4.79 Å². The molecule has 1 amide bonds. The minimum atomic E-state index is -0.149. The highest BCUT2D eigenvalue weighted by atomic mass is 32.1. The quantitative estimate of drug-likeness (QED) is 0.611. The van der Waals surface area contributed by atoms with Gasteiger partial charge in [0, 0.05) is 11.1 Å². The van der Waals surface area contributed by atoms with Gasteiger partial charge in [0.2, 0.25) is 0 Å². The standard InChI is InChI=1S/C22H26N4OS/c1-14-10-16(13-22(3,4)12-14)23-24-20(27)19-11-18-15(2)25-26(21(18)28-19)17-8-6-5-7-9-17/h5-9,11,14H,10,12-13H2,1-4H3,(H,24,27)/b23-16+. The lowest BCUT2D eigenvalue weighted by atomic mass is 9.72. The number of para-hydroxylation sites is 1. The van der Waals surface area contributed by atoms with Gasteiger partial charge in [0.05, 0.1) is 16.3 Å². The first-order valence-electron chi connectivity index (χ1n) is 9.73. The summed E-state index contributed by atoms with van der Waals surface area (Å²) in [6.45, 7) is 8.76. The van der Waals surface area contributed by atoms with Crippen molar-refractivity contribution < 1.29 is 4.79 Å². The van der Waals surface area contributed by atoms with Gasteiger partial charge in [-0.05, 0) is 55.7 Å². The number of nitrogens with one attached hydrogen (secondary N) is 1. The van der Waals surface area contributed by atoms with Crippen molar-refractivity contribution in [2.24, 2.45) is 16.4 Å². The molecule has 1 atom stereocenters. The number of rotatable bonds is 3. The molecule has 1 saturated carbocycles. The summed E-state index contributed by atoms with van der Waals surface area (Å²) in [5, 5.41) is 10.1. The molecule has 2 heterocycles. The van der Waals surface area contributed by atoms with Crippen molar-refractivity contribution in [3.05, 3.63) is 47.0 Å². The highest BCUT2D eigenvalue weighted by molar-refractivity contribution is 7.20. The number of amides is 1.